The molecule has 24 heavy (non-hydrogen) atoms. The number of guanidine groups is 1. The van der Waals surface area contributed by atoms with Crippen molar-refractivity contribution in [1.29, 1.82) is 0 Å². The molecule has 0 aromatic carbocycles. The van der Waals surface area contributed by atoms with E-state index in [-0.39, 0.29) is 24.0 Å². The third-order valence-electron chi connectivity index (χ3n) is 3.49. The summed E-state index contributed by atoms with van der Waals surface area (Å²) in [6.45, 7) is 8.62. The highest BCUT2D eigenvalue weighted by Gasteiger charge is 2.02. The minimum atomic E-state index is 0. The van der Waals surface area contributed by atoms with Crippen LogP contribution in [0.2, 0.25) is 0 Å². The number of nitrogens with one attached hydrogen (secondary N) is 2. The summed E-state index contributed by atoms with van der Waals surface area (Å²) < 4.78 is 0. The van der Waals surface area contributed by atoms with Crippen LogP contribution in [0.1, 0.15) is 34.9 Å². The monoisotopic (exact) mass is 459 g/mol. The maximum Gasteiger partial charge on any atom is 0.191 e. The average molecular weight is 459 g/mol. The molecular formula is C17H26IN5S. The van der Waals surface area contributed by atoms with Crippen molar-refractivity contribution in [3.8, 4) is 0 Å². The molecule has 0 saturated heterocycles. The summed E-state index contributed by atoms with van der Waals surface area (Å²) in [4.78, 5) is 14.5. The van der Waals surface area contributed by atoms with E-state index in [1.807, 2.05) is 18.6 Å². The first-order chi connectivity index (χ1) is 11.2. The van der Waals surface area contributed by atoms with Gasteiger partial charge in [-0.05, 0) is 43.9 Å². The lowest BCUT2D eigenvalue weighted by molar-refractivity contribution is 0.795. The second-order valence-electron chi connectivity index (χ2n) is 5.25. The summed E-state index contributed by atoms with van der Waals surface area (Å²) in [5.74, 6) is 0.840. The van der Waals surface area contributed by atoms with E-state index in [1.165, 1.54) is 16.0 Å². The first-order valence-electron chi connectivity index (χ1n) is 8.08. The zero-order valence-electron chi connectivity index (χ0n) is 14.5. The van der Waals surface area contributed by atoms with Gasteiger partial charge in [0.25, 0.3) is 0 Å². The molecule has 7 heteroatoms. The highest BCUT2D eigenvalue weighted by atomic mass is 127. The Labute approximate surface area is 165 Å². The lowest BCUT2D eigenvalue weighted by Crippen LogP contribution is -2.38. The van der Waals surface area contributed by atoms with E-state index in [0.717, 1.165) is 36.9 Å². The topological polar surface area (TPSA) is 62.2 Å². The molecule has 0 amide bonds. The molecule has 0 fully saturated rings. The fourth-order valence-electron chi connectivity index (χ4n) is 2.17. The summed E-state index contributed by atoms with van der Waals surface area (Å²) in [5, 5.41) is 7.72. The highest BCUT2D eigenvalue weighted by Crippen LogP contribution is 2.13. The minimum absolute atomic E-state index is 0. The Morgan fingerprint density at radius 2 is 2.08 bits per heavy atom. The van der Waals surface area contributed by atoms with E-state index < -0.39 is 0 Å². The van der Waals surface area contributed by atoms with Gasteiger partial charge >= 0.3 is 0 Å². The molecule has 2 aromatic heterocycles. The molecule has 2 rings (SSSR count). The molecule has 5 nitrogen and oxygen atoms in total. The molecule has 0 radical (unpaired) electrons. The quantitative estimate of drug-likeness (QED) is 0.379. The van der Waals surface area contributed by atoms with Crippen LogP contribution in [0.4, 0.5) is 0 Å². The van der Waals surface area contributed by atoms with Gasteiger partial charge in [-0.25, -0.2) is 9.98 Å². The number of aromatic nitrogens is 2. The molecule has 0 bridgehead atoms. The van der Waals surface area contributed by atoms with Crippen molar-refractivity contribution in [3.63, 3.8) is 0 Å². The largest absolute Gasteiger partial charge is 0.357 e. The van der Waals surface area contributed by atoms with Gasteiger partial charge in [-0.3, -0.25) is 4.98 Å². The van der Waals surface area contributed by atoms with E-state index in [4.69, 9.17) is 0 Å². The summed E-state index contributed by atoms with van der Waals surface area (Å²) in [5.41, 5.74) is 2.54. The number of rotatable bonds is 7. The fraction of sp³-hybridized carbons (Fsp3) is 0.471. The van der Waals surface area contributed by atoms with Crippen LogP contribution in [-0.2, 0) is 19.4 Å². The second kappa shape index (κ2) is 11.4. The first-order valence-corrected chi connectivity index (χ1v) is 8.89. The minimum Gasteiger partial charge on any atom is -0.357 e. The number of halogens is 1. The summed E-state index contributed by atoms with van der Waals surface area (Å²) in [6.07, 6.45) is 7.68. The molecule has 0 atom stereocenters. The normalized spacial score (nSPS) is 11.0. The SMILES string of the molecule is CCNC(=NCc1ncc(CC)s1)NCCc1ccncc1C.I. The lowest BCUT2D eigenvalue weighted by atomic mass is 10.1. The molecule has 2 aromatic rings. The molecule has 132 valence electrons. The van der Waals surface area contributed by atoms with Crippen LogP contribution in [0.15, 0.2) is 29.6 Å². The van der Waals surface area contributed by atoms with Crippen molar-refractivity contribution >= 4 is 41.3 Å². The Morgan fingerprint density at radius 3 is 2.75 bits per heavy atom. The number of pyridine rings is 1. The first kappa shape index (κ1) is 20.8. The van der Waals surface area contributed by atoms with Gasteiger partial charge in [0.2, 0.25) is 0 Å². The highest BCUT2D eigenvalue weighted by molar-refractivity contribution is 14.0. The molecule has 0 unspecified atom stereocenters. The third kappa shape index (κ3) is 6.72. The van der Waals surface area contributed by atoms with Gasteiger partial charge < -0.3 is 10.6 Å². The Balaban J connectivity index is 0.00000288. The molecule has 0 aliphatic rings. The molecule has 0 aliphatic heterocycles. The number of hydrogen-bond donors (Lipinski definition) is 2. The van der Waals surface area contributed by atoms with Crippen LogP contribution in [0.3, 0.4) is 0 Å². The number of nitrogens with zero attached hydrogens (tertiary/aromatic N) is 3. The Hall–Kier alpha value is -1.22. The number of aryl methyl sites for hydroxylation is 2. The number of aliphatic imine (C=N–C) groups is 1. The molecule has 0 aliphatic carbocycles. The lowest BCUT2D eigenvalue weighted by Gasteiger charge is -2.11. The van der Waals surface area contributed by atoms with Crippen LogP contribution in [0, 0.1) is 6.92 Å². The summed E-state index contributed by atoms with van der Waals surface area (Å²) in [6, 6.07) is 2.07. The average Bonchev–Trinajstić information content (AvgIpc) is 3.02. The zero-order chi connectivity index (χ0) is 16.5. The van der Waals surface area contributed by atoms with Crippen molar-refractivity contribution in [2.24, 2.45) is 4.99 Å². The maximum absolute atomic E-state index is 4.61. The molecule has 2 heterocycles. The van der Waals surface area contributed by atoms with Crippen molar-refractivity contribution in [2.75, 3.05) is 13.1 Å². The van der Waals surface area contributed by atoms with E-state index >= 15 is 0 Å². The third-order valence-corrected chi connectivity index (χ3v) is 4.62. The van der Waals surface area contributed by atoms with Gasteiger partial charge in [-0.15, -0.1) is 35.3 Å². The fourth-order valence-corrected chi connectivity index (χ4v) is 2.96. The second-order valence-corrected chi connectivity index (χ2v) is 6.45. The predicted octanol–water partition coefficient (Wildman–Crippen LogP) is 3.32. The Kier molecular flexibility index (Phi) is 9.85. The van der Waals surface area contributed by atoms with Crippen molar-refractivity contribution < 1.29 is 0 Å². The van der Waals surface area contributed by atoms with Gasteiger partial charge in [0.05, 0.1) is 6.54 Å². The van der Waals surface area contributed by atoms with Crippen LogP contribution in [0.25, 0.3) is 0 Å². The molecule has 0 spiro atoms. The summed E-state index contributed by atoms with van der Waals surface area (Å²) >= 11 is 1.73. The number of hydrogen-bond acceptors (Lipinski definition) is 4. The standard InChI is InChI=1S/C17H25N5S.HI/c1-4-15-11-21-16(23-15)12-22-17(19-5-2)20-9-7-14-6-8-18-10-13(14)3;/h6,8,10-11H,4-5,7,9,12H2,1-3H3,(H2,19,20,22);1H. The zero-order valence-corrected chi connectivity index (χ0v) is 17.6. The number of thiazole rings is 1. The maximum atomic E-state index is 4.61. The smallest absolute Gasteiger partial charge is 0.191 e. The van der Waals surface area contributed by atoms with Crippen molar-refractivity contribution in [1.82, 2.24) is 20.6 Å². The van der Waals surface area contributed by atoms with Crippen molar-refractivity contribution in [2.45, 2.75) is 40.2 Å². The van der Waals surface area contributed by atoms with E-state index in [2.05, 4.69) is 52.4 Å². The summed E-state index contributed by atoms with van der Waals surface area (Å²) in [7, 11) is 0. The van der Waals surface area contributed by atoms with Crippen LogP contribution < -0.4 is 10.6 Å². The van der Waals surface area contributed by atoms with Gasteiger partial charge in [-0.2, -0.15) is 0 Å². The predicted molar refractivity (Wildman–Crippen MR) is 112 cm³/mol. The van der Waals surface area contributed by atoms with E-state index in [0.29, 0.717) is 6.54 Å². The van der Waals surface area contributed by atoms with Gasteiger partial charge in [0, 0.05) is 36.6 Å². The van der Waals surface area contributed by atoms with Crippen LogP contribution in [0.5, 0.6) is 0 Å². The molecular weight excluding hydrogens is 433 g/mol. The van der Waals surface area contributed by atoms with E-state index in [9.17, 15) is 0 Å². The molecule has 2 N–H and O–H groups in total. The van der Waals surface area contributed by atoms with Gasteiger partial charge in [0.1, 0.15) is 5.01 Å². The van der Waals surface area contributed by atoms with Crippen LogP contribution >= 0.6 is 35.3 Å². The Bertz CT molecular complexity index is 641. The van der Waals surface area contributed by atoms with E-state index in [1.54, 1.807) is 11.3 Å². The Morgan fingerprint density at radius 1 is 1.25 bits per heavy atom. The van der Waals surface area contributed by atoms with Crippen LogP contribution in [-0.4, -0.2) is 29.0 Å². The van der Waals surface area contributed by atoms with Gasteiger partial charge in [0.15, 0.2) is 5.96 Å². The molecule has 0 saturated carbocycles. The van der Waals surface area contributed by atoms with Crippen molar-refractivity contribution in [3.05, 3.63) is 45.7 Å². The van der Waals surface area contributed by atoms with Gasteiger partial charge in [-0.1, -0.05) is 6.92 Å².